The first kappa shape index (κ1) is 13.9. The SMILES string of the molecule is N#CC(C#N)=C(C#N)Nc1c(F)ccc(F)c1I. The van der Waals surface area contributed by atoms with Crippen molar-refractivity contribution in [3.63, 3.8) is 0 Å². The van der Waals surface area contributed by atoms with E-state index in [0.29, 0.717) is 0 Å². The summed E-state index contributed by atoms with van der Waals surface area (Å²) >= 11 is 1.55. The molecule has 1 N–H and O–H groups in total. The average molecular weight is 356 g/mol. The molecule has 88 valence electrons. The van der Waals surface area contributed by atoms with Gasteiger partial charge < -0.3 is 5.32 Å². The topological polar surface area (TPSA) is 83.4 Å². The molecule has 0 radical (unpaired) electrons. The minimum absolute atomic E-state index is 0.0735. The highest BCUT2D eigenvalue weighted by atomic mass is 127. The number of hydrogen-bond acceptors (Lipinski definition) is 4. The summed E-state index contributed by atoms with van der Waals surface area (Å²) in [5, 5.41) is 28.3. The maximum Gasteiger partial charge on any atom is 0.163 e. The second kappa shape index (κ2) is 5.95. The Morgan fingerprint density at radius 1 is 1.06 bits per heavy atom. The summed E-state index contributed by atoms with van der Waals surface area (Å²) in [6.45, 7) is 0. The van der Waals surface area contributed by atoms with Crippen LogP contribution in [0.1, 0.15) is 0 Å². The molecule has 7 heteroatoms. The van der Waals surface area contributed by atoms with Crippen LogP contribution in [0.2, 0.25) is 0 Å². The summed E-state index contributed by atoms with van der Waals surface area (Å²) in [5.41, 5.74) is -1.21. The van der Waals surface area contributed by atoms with E-state index in [9.17, 15) is 8.78 Å². The normalized spacial score (nSPS) is 8.67. The molecule has 0 unspecified atom stereocenters. The Labute approximate surface area is 115 Å². The number of benzene rings is 1. The second-order valence-electron chi connectivity index (χ2n) is 2.93. The molecule has 0 amide bonds. The zero-order valence-corrected chi connectivity index (χ0v) is 10.8. The molecule has 0 aromatic heterocycles. The first-order chi connectivity index (χ1) is 8.54. The van der Waals surface area contributed by atoms with Gasteiger partial charge in [-0.2, -0.15) is 15.8 Å². The molecule has 0 aliphatic carbocycles. The number of rotatable bonds is 2. The van der Waals surface area contributed by atoms with Crippen LogP contribution in [0.25, 0.3) is 0 Å². The summed E-state index contributed by atoms with van der Waals surface area (Å²) in [4.78, 5) is 0. The van der Waals surface area contributed by atoms with Crippen LogP contribution in [0.4, 0.5) is 14.5 Å². The molecular weight excluding hydrogens is 353 g/mol. The molecule has 0 heterocycles. The van der Waals surface area contributed by atoms with Gasteiger partial charge in [0.2, 0.25) is 0 Å². The van der Waals surface area contributed by atoms with Gasteiger partial charge in [-0.15, -0.1) is 0 Å². The Balaban J connectivity index is 3.34. The Kier molecular flexibility index (Phi) is 4.59. The van der Waals surface area contributed by atoms with E-state index in [2.05, 4.69) is 5.32 Å². The lowest BCUT2D eigenvalue weighted by molar-refractivity contribution is 0.597. The fraction of sp³-hybridized carbons (Fsp3) is 0. The molecule has 0 saturated carbocycles. The summed E-state index contributed by atoms with van der Waals surface area (Å²) < 4.78 is 26.6. The van der Waals surface area contributed by atoms with Gasteiger partial charge in [0.05, 0.1) is 9.26 Å². The van der Waals surface area contributed by atoms with Crippen LogP contribution in [0.5, 0.6) is 0 Å². The minimum Gasteiger partial charge on any atom is -0.342 e. The number of allylic oxidation sites excluding steroid dienone is 2. The predicted octanol–water partition coefficient (Wildman–Crippen LogP) is 2.81. The van der Waals surface area contributed by atoms with Gasteiger partial charge in [0.15, 0.2) is 5.57 Å². The van der Waals surface area contributed by atoms with Gasteiger partial charge >= 0.3 is 0 Å². The van der Waals surface area contributed by atoms with Crippen molar-refractivity contribution in [2.24, 2.45) is 0 Å². The van der Waals surface area contributed by atoms with Crippen molar-refractivity contribution in [1.82, 2.24) is 0 Å². The molecule has 0 aliphatic heterocycles. The molecule has 1 rings (SSSR count). The smallest absolute Gasteiger partial charge is 0.163 e. The molecule has 4 nitrogen and oxygen atoms in total. The maximum atomic E-state index is 13.5. The summed E-state index contributed by atoms with van der Waals surface area (Å²) in [5.74, 6) is -1.46. The van der Waals surface area contributed by atoms with E-state index in [0.717, 1.165) is 12.1 Å². The third kappa shape index (κ3) is 2.73. The van der Waals surface area contributed by atoms with E-state index >= 15 is 0 Å². The fourth-order valence-corrected chi connectivity index (χ4v) is 1.62. The first-order valence-electron chi connectivity index (χ1n) is 4.40. The number of nitrogens with one attached hydrogen (secondary N) is 1. The van der Waals surface area contributed by atoms with Crippen LogP contribution >= 0.6 is 22.6 Å². The van der Waals surface area contributed by atoms with Gasteiger partial charge in [0.1, 0.15) is 35.5 Å². The van der Waals surface area contributed by atoms with Crippen molar-refractivity contribution < 1.29 is 8.78 Å². The Bertz CT molecular complexity index is 631. The van der Waals surface area contributed by atoms with E-state index in [1.807, 2.05) is 0 Å². The fourth-order valence-electron chi connectivity index (χ4n) is 1.05. The van der Waals surface area contributed by atoms with E-state index in [4.69, 9.17) is 15.8 Å². The van der Waals surface area contributed by atoms with Crippen molar-refractivity contribution in [3.05, 3.63) is 38.6 Å². The van der Waals surface area contributed by atoms with E-state index < -0.39 is 22.9 Å². The van der Waals surface area contributed by atoms with Crippen LogP contribution in [0.3, 0.4) is 0 Å². The monoisotopic (exact) mass is 356 g/mol. The van der Waals surface area contributed by atoms with Crippen LogP contribution in [-0.2, 0) is 0 Å². The highest BCUT2D eigenvalue weighted by molar-refractivity contribution is 14.1. The highest BCUT2D eigenvalue weighted by Crippen LogP contribution is 2.26. The highest BCUT2D eigenvalue weighted by Gasteiger charge is 2.14. The largest absolute Gasteiger partial charge is 0.342 e. The maximum absolute atomic E-state index is 13.5. The van der Waals surface area contributed by atoms with Crippen molar-refractivity contribution in [2.75, 3.05) is 5.32 Å². The van der Waals surface area contributed by atoms with Gasteiger partial charge in [-0.25, -0.2) is 8.78 Å². The predicted molar refractivity (Wildman–Crippen MR) is 66.6 cm³/mol. The van der Waals surface area contributed by atoms with Crippen molar-refractivity contribution in [2.45, 2.75) is 0 Å². The lowest BCUT2D eigenvalue weighted by Gasteiger charge is -2.08. The minimum atomic E-state index is -0.788. The van der Waals surface area contributed by atoms with E-state index in [1.165, 1.54) is 12.1 Å². The molecule has 0 fully saturated rings. The van der Waals surface area contributed by atoms with Gasteiger partial charge in [0.25, 0.3) is 0 Å². The molecule has 0 atom stereocenters. The molecule has 0 aliphatic rings. The third-order valence-corrected chi connectivity index (χ3v) is 2.93. The molecule has 0 bridgehead atoms. The molecule has 0 saturated heterocycles. The van der Waals surface area contributed by atoms with Gasteiger partial charge in [0, 0.05) is 0 Å². The molecule has 1 aromatic carbocycles. The number of hydrogen-bond donors (Lipinski definition) is 1. The first-order valence-corrected chi connectivity index (χ1v) is 5.48. The number of anilines is 1. The van der Waals surface area contributed by atoms with E-state index in [-0.39, 0.29) is 9.26 Å². The van der Waals surface area contributed by atoms with Crippen LogP contribution in [0.15, 0.2) is 23.4 Å². The Morgan fingerprint density at radius 2 is 1.61 bits per heavy atom. The molecule has 18 heavy (non-hydrogen) atoms. The number of nitrogens with zero attached hydrogens (tertiary/aromatic N) is 3. The van der Waals surface area contributed by atoms with Gasteiger partial charge in [-0.1, -0.05) is 0 Å². The lowest BCUT2D eigenvalue weighted by Crippen LogP contribution is -2.05. The standard InChI is InChI=1S/C11H3F2IN4/c12-7-1-2-8(13)11(10(7)14)18-9(5-17)6(3-15)4-16/h1-2,18H. The van der Waals surface area contributed by atoms with Crippen LogP contribution < -0.4 is 5.32 Å². The lowest BCUT2D eigenvalue weighted by atomic mass is 10.2. The number of nitriles is 3. The molecular formula is C11H3F2IN4. The zero-order chi connectivity index (χ0) is 13.7. The third-order valence-electron chi connectivity index (χ3n) is 1.88. The summed E-state index contributed by atoms with van der Waals surface area (Å²) in [7, 11) is 0. The van der Waals surface area contributed by atoms with E-state index in [1.54, 1.807) is 28.7 Å². The second-order valence-corrected chi connectivity index (χ2v) is 4.01. The summed E-state index contributed by atoms with van der Waals surface area (Å²) in [6, 6.07) is 6.36. The molecule has 1 aromatic rings. The number of halogens is 3. The van der Waals surface area contributed by atoms with Crippen molar-refractivity contribution in [1.29, 1.82) is 15.8 Å². The van der Waals surface area contributed by atoms with Crippen molar-refractivity contribution in [3.8, 4) is 18.2 Å². The Morgan fingerprint density at radius 3 is 2.11 bits per heavy atom. The molecule has 0 spiro atoms. The van der Waals surface area contributed by atoms with Crippen molar-refractivity contribution >= 4 is 28.3 Å². The van der Waals surface area contributed by atoms with Crippen LogP contribution in [-0.4, -0.2) is 0 Å². The van der Waals surface area contributed by atoms with Gasteiger partial charge in [-0.05, 0) is 34.7 Å². The zero-order valence-electron chi connectivity index (χ0n) is 8.63. The van der Waals surface area contributed by atoms with Crippen LogP contribution in [0, 0.1) is 49.2 Å². The van der Waals surface area contributed by atoms with Gasteiger partial charge in [-0.3, -0.25) is 0 Å². The summed E-state index contributed by atoms with van der Waals surface area (Å²) in [6.07, 6.45) is 0. The quantitative estimate of drug-likeness (QED) is 0.502. The average Bonchev–Trinajstić information content (AvgIpc) is 2.38. The Hall–Kier alpha value is -2.18.